The monoisotopic (exact) mass is 374 g/mol. The van der Waals surface area contributed by atoms with Gasteiger partial charge in [-0.15, -0.1) is 0 Å². The molecule has 0 amide bonds. The maximum absolute atomic E-state index is 10.3. The Morgan fingerprint density at radius 2 is 1.08 bits per heavy atom. The number of rotatable bonds is 2. The van der Waals surface area contributed by atoms with Crippen molar-refractivity contribution in [2.45, 2.75) is 0 Å². The number of aromatic carboxylic acids is 2. The molecule has 1 rings (SSSR count). The molecule has 0 saturated heterocycles. The molecule has 2 N–H and O–H groups in total. The van der Waals surface area contributed by atoms with Gasteiger partial charge in [-0.1, -0.05) is 0 Å². The standard InChI is InChI=1S/C8H6O4.Pb/c9-7(10)5-1-2-6(4-3-5)8(11)12;/h1-4H,(H,9,10)(H,11,12);. The molecule has 4 radical (unpaired) electrons. The predicted octanol–water partition coefficient (Wildman–Crippen LogP) is 0.702. The molecule has 66 valence electrons. The molecule has 0 aromatic heterocycles. The normalized spacial score (nSPS) is 8.62. The van der Waals surface area contributed by atoms with Crippen molar-refractivity contribution in [2.24, 2.45) is 0 Å². The second kappa shape index (κ2) is 4.95. The van der Waals surface area contributed by atoms with Crippen LogP contribution in [0, 0.1) is 0 Å². The van der Waals surface area contributed by atoms with Crippen molar-refractivity contribution >= 4 is 39.2 Å². The SMILES string of the molecule is O=C(O)c1ccc(C(=O)O)cc1.[Pb]. The van der Waals surface area contributed by atoms with Crippen LogP contribution in [0.1, 0.15) is 20.7 Å². The zero-order valence-electron chi connectivity index (χ0n) is 6.52. The Hall–Kier alpha value is -0.918. The maximum atomic E-state index is 10.3. The number of hydrogen-bond donors (Lipinski definition) is 2. The summed E-state index contributed by atoms with van der Waals surface area (Å²) >= 11 is 0. The van der Waals surface area contributed by atoms with Crippen molar-refractivity contribution in [3.63, 3.8) is 0 Å². The van der Waals surface area contributed by atoms with Crippen LogP contribution in [-0.2, 0) is 0 Å². The van der Waals surface area contributed by atoms with E-state index in [2.05, 4.69) is 0 Å². The Balaban J connectivity index is 0.00000144. The summed E-state index contributed by atoms with van der Waals surface area (Å²) in [5, 5.41) is 16.9. The van der Waals surface area contributed by atoms with E-state index in [0.717, 1.165) is 0 Å². The summed E-state index contributed by atoms with van der Waals surface area (Å²) in [6, 6.07) is 5.02. The fraction of sp³-hybridized carbons (Fsp3) is 0. The zero-order chi connectivity index (χ0) is 9.14. The molecule has 0 heterocycles. The molecule has 0 fully saturated rings. The zero-order valence-corrected chi connectivity index (χ0v) is 10.4. The molecule has 0 aliphatic carbocycles. The number of benzene rings is 1. The molecule has 0 bridgehead atoms. The molecule has 0 aliphatic rings. The fourth-order valence-electron chi connectivity index (χ4n) is 0.755. The Morgan fingerprint density at radius 3 is 1.23 bits per heavy atom. The summed E-state index contributed by atoms with van der Waals surface area (Å²) in [5.74, 6) is -2.13. The molecule has 0 saturated carbocycles. The van der Waals surface area contributed by atoms with Crippen LogP contribution in [0.25, 0.3) is 0 Å². The Kier molecular flexibility index (Phi) is 4.60. The molecule has 0 spiro atoms. The van der Waals surface area contributed by atoms with Crippen molar-refractivity contribution in [1.82, 2.24) is 0 Å². The van der Waals surface area contributed by atoms with E-state index in [9.17, 15) is 9.59 Å². The van der Waals surface area contributed by atoms with Gasteiger partial charge < -0.3 is 10.2 Å². The van der Waals surface area contributed by atoms with Gasteiger partial charge in [-0.2, -0.15) is 0 Å². The number of carboxylic acid groups (broad SMARTS) is 2. The largest absolute Gasteiger partial charge is 0.478 e. The summed E-state index contributed by atoms with van der Waals surface area (Å²) in [6.07, 6.45) is 0. The first-order valence-electron chi connectivity index (χ1n) is 3.18. The van der Waals surface area contributed by atoms with E-state index in [1.54, 1.807) is 0 Å². The summed E-state index contributed by atoms with van der Waals surface area (Å²) in [6.45, 7) is 0. The average molecular weight is 373 g/mol. The second-order valence-corrected chi connectivity index (χ2v) is 2.19. The van der Waals surface area contributed by atoms with E-state index >= 15 is 0 Å². The summed E-state index contributed by atoms with van der Waals surface area (Å²) in [4.78, 5) is 20.7. The number of carboxylic acids is 2. The molecule has 1 aromatic carbocycles. The minimum atomic E-state index is -1.06. The van der Waals surface area contributed by atoms with Crippen LogP contribution in [0.15, 0.2) is 24.3 Å². The smallest absolute Gasteiger partial charge is 0.335 e. The van der Waals surface area contributed by atoms with Crippen LogP contribution in [-0.4, -0.2) is 49.5 Å². The Labute approximate surface area is 94.4 Å². The van der Waals surface area contributed by atoms with E-state index < -0.39 is 11.9 Å². The molecule has 0 atom stereocenters. The van der Waals surface area contributed by atoms with Gasteiger partial charge in [0.1, 0.15) is 0 Å². The van der Waals surface area contributed by atoms with Crippen molar-refractivity contribution in [1.29, 1.82) is 0 Å². The molecular formula is C8H6O4Pb. The molecule has 0 unspecified atom stereocenters. The van der Waals surface area contributed by atoms with Gasteiger partial charge in [0.05, 0.1) is 11.1 Å². The molecule has 1 aromatic rings. The van der Waals surface area contributed by atoms with Crippen LogP contribution in [0.4, 0.5) is 0 Å². The first kappa shape index (κ1) is 12.1. The van der Waals surface area contributed by atoms with Crippen LogP contribution in [0.3, 0.4) is 0 Å². The molecule has 13 heavy (non-hydrogen) atoms. The van der Waals surface area contributed by atoms with Gasteiger partial charge in [-0.05, 0) is 24.3 Å². The van der Waals surface area contributed by atoms with Gasteiger partial charge in [0.25, 0.3) is 0 Å². The van der Waals surface area contributed by atoms with Crippen LogP contribution < -0.4 is 0 Å². The van der Waals surface area contributed by atoms with E-state index in [1.165, 1.54) is 24.3 Å². The van der Waals surface area contributed by atoms with Crippen molar-refractivity contribution < 1.29 is 19.8 Å². The topological polar surface area (TPSA) is 74.6 Å². The van der Waals surface area contributed by atoms with Crippen LogP contribution >= 0.6 is 0 Å². The summed E-state index contributed by atoms with van der Waals surface area (Å²) in [7, 11) is 0. The maximum Gasteiger partial charge on any atom is 0.335 e. The van der Waals surface area contributed by atoms with Gasteiger partial charge in [0.2, 0.25) is 0 Å². The number of carbonyl (C=O) groups is 2. The molecule has 4 nitrogen and oxygen atoms in total. The molecule has 5 heteroatoms. The van der Waals surface area contributed by atoms with Gasteiger partial charge in [0.15, 0.2) is 0 Å². The first-order valence-corrected chi connectivity index (χ1v) is 3.18. The predicted molar refractivity (Wildman–Crippen MR) is 46.1 cm³/mol. The fourth-order valence-corrected chi connectivity index (χ4v) is 0.755. The quantitative estimate of drug-likeness (QED) is 0.749. The average Bonchev–Trinajstić information content (AvgIpc) is 2.04. The summed E-state index contributed by atoms with van der Waals surface area (Å²) < 4.78 is 0. The van der Waals surface area contributed by atoms with Gasteiger partial charge in [-0.25, -0.2) is 9.59 Å². The van der Waals surface area contributed by atoms with Crippen LogP contribution in [0.2, 0.25) is 0 Å². The molecular weight excluding hydrogens is 367 g/mol. The van der Waals surface area contributed by atoms with Crippen molar-refractivity contribution in [3.8, 4) is 0 Å². The summed E-state index contributed by atoms with van der Waals surface area (Å²) in [5.41, 5.74) is 0.167. The minimum Gasteiger partial charge on any atom is -0.478 e. The number of hydrogen-bond acceptors (Lipinski definition) is 2. The van der Waals surface area contributed by atoms with E-state index in [-0.39, 0.29) is 38.4 Å². The van der Waals surface area contributed by atoms with Gasteiger partial charge in [-0.3, -0.25) is 0 Å². The Morgan fingerprint density at radius 1 is 0.846 bits per heavy atom. The third-order valence-electron chi connectivity index (χ3n) is 1.38. The van der Waals surface area contributed by atoms with Crippen LogP contribution in [0.5, 0.6) is 0 Å². The van der Waals surface area contributed by atoms with Gasteiger partial charge >= 0.3 is 11.9 Å². The van der Waals surface area contributed by atoms with Crippen molar-refractivity contribution in [3.05, 3.63) is 35.4 Å². The van der Waals surface area contributed by atoms with E-state index in [0.29, 0.717) is 0 Å². The minimum absolute atomic E-state index is 0. The van der Waals surface area contributed by atoms with Crippen molar-refractivity contribution in [2.75, 3.05) is 0 Å². The third kappa shape index (κ3) is 3.13. The first-order chi connectivity index (χ1) is 5.61. The van der Waals surface area contributed by atoms with E-state index in [4.69, 9.17) is 10.2 Å². The second-order valence-electron chi connectivity index (χ2n) is 2.19. The van der Waals surface area contributed by atoms with Gasteiger partial charge in [0, 0.05) is 27.3 Å². The third-order valence-corrected chi connectivity index (χ3v) is 1.38. The Bertz CT molecular complexity index is 284. The van der Waals surface area contributed by atoms with E-state index in [1.807, 2.05) is 0 Å². The molecule has 0 aliphatic heterocycles.